The van der Waals surface area contributed by atoms with E-state index in [4.69, 9.17) is 10.5 Å². The summed E-state index contributed by atoms with van der Waals surface area (Å²) in [5.74, 6) is 0.981. The molecule has 0 atom stereocenters. The quantitative estimate of drug-likeness (QED) is 0.759. The molecule has 0 aliphatic heterocycles. The Balaban J connectivity index is 2.48. The molecule has 0 saturated carbocycles. The van der Waals surface area contributed by atoms with Crippen LogP contribution in [0.5, 0.6) is 5.75 Å². The van der Waals surface area contributed by atoms with Crippen LogP contribution in [0.25, 0.3) is 0 Å². The van der Waals surface area contributed by atoms with Gasteiger partial charge in [-0.1, -0.05) is 26.0 Å². The van der Waals surface area contributed by atoms with Crippen LogP contribution >= 0.6 is 0 Å². The van der Waals surface area contributed by atoms with Crippen molar-refractivity contribution in [1.29, 1.82) is 0 Å². The second-order valence-electron chi connectivity index (χ2n) is 5.84. The Bertz CT molecular complexity index is 388. The van der Waals surface area contributed by atoms with E-state index in [0.717, 1.165) is 31.8 Å². The highest BCUT2D eigenvalue weighted by Crippen LogP contribution is 2.20. The molecule has 3 heteroatoms. The van der Waals surface area contributed by atoms with Gasteiger partial charge in [-0.25, -0.2) is 0 Å². The van der Waals surface area contributed by atoms with Crippen LogP contribution in [0.1, 0.15) is 38.3 Å². The first-order chi connectivity index (χ1) is 8.98. The summed E-state index contributed by atoms with van der Waals surface area (Å²) in [7, 11) is 0. The van der Waals surface area contributed by atoms with Gasteiger partial charge in [0.15, 0.2) is 0 Å². The summed E-state index contributed by atoms with van der Waals surface area (Å²) >= 11 is 0. The van der Waals surface area contributed by atoms with Crippen molar-refractivity contribution < 1.29 is 4.74 Å². The molecule has 0 spiro atoms. The lowest BCUT2D eigenvalue weighted by molar-refractivity contribution is 0.318. The Morgan fingerprint density at radius 3 is 2.63 bits per heavy atom. The van der Waals surface area contributed by atoms with E-state index in [1.54, 1.807) is 0 Å². The van der Waals surface area contributed by atoms with E-state index in [1.165, 1.54) is 11.1 Å². The molecule has 108 valence electrons. The number of rotatable bonds is 8. The normalized spacial score (nSPS) is 11.6. The first kappa shape index (κ1) is 16.0. The fraction of sp³-hybridized carbons (Fsp3) is 0.625. The molecule has 1 rings (SSSR count). The van der Waals surface area contributed by atoms with Crippen molar-refractivity contribution in [1.82, 2.24) is 5.32 Å². The molecule has 3 N–H and O–H groups in total. The van der Waals surface area contributed by atoms with Gasteiger partial charge in [0.1, 0.15) is 5.75 Å². The Morgan fingerprint density at radius 2 is 2.05 bits per heavy atom. The minimum Gasteiger partial charge on any atom is -0.494 e. The number of nitrogens with one attached hydrogen (secondary N) is 1. The third kappa shape index (κ3) is 5.62. The lowest BCUT2D eigenvalue weighted by atomic mass is 9.89. The summed E-state index contributed by atoms with van der Waals surface area (Å²) in [6.07, 6.45) is 1.04. The Kier molecular flexibility index (Phi) is 6.32. The SMILES string of the molecule is CCOc1ccc(CNCC(C)(C)CCN)cc1C. The average molecular weight is 264 g/mol. The van der Waals surface area contributed by atoms with E-state index >= 15 is 0 Å². The van der Waals surface area contributed by atoms with E-state index in [2.05, 4.69) is 44.3 Å². The van der Waals surface area contributed by atoms with Gasteiger partial charge in [-0.15, -0.1) is 0 Å². The molecule has 0 aliphatic rings. The third-order valence-corrected chi connectivity index (χ3v) is 3.29. The van der Waals surface area contributed by atoms with Gasteiger partial charge in [0.05, 0.1) is 6.61 Å². The van der Waals surface area contributed by atoms with Crippen molar-refractivity contribution in [3.63, 3.8) is 0 Å². The topological polar surface area (TPSA) is 47.3 Å². The second kappa shape index (κ2) is 7.51. The molecule has 19 heavy (non-hydrogen) atoms. The van der Waals surface area contributed by atoms with E-state index in [9.17, 15) is 0 Å². The molecule has 0 amide bonds. The van der Waals surface area contributed by atoms with Crippen LogP contribution in [-0.2, 0) is 6.54 Å². The molecule has 0 fully saturated rings. The molecule has 0 aliphatic carbocycles. The minimum absolute atomic E-state index is 0.259. The van der Waals surface area contributed by atoms with Crippen LogP contribution in [0.4, 0.5) is 0 Å². The highest BCUT2D eigenvalue weighted by Gasteiger charge is 2.15. The molecule has 0 heterocycles. The van der Waals surface area contributed by atoms with Crippen molar-refractivity contribution in [2.75, 3.05) is 19.7 Å². The molecule has 0 saturated heterocycles. The first-order valence-electron chi connectivity index (χ1n) is 7.11. The predicted octanol–water partition coefficient (Wildman–Crippen LogP) is 2.86. The second-order valence-corrected chi connectivity index (χ2v) is 5.84. The first-order valence-corrected chi connectivity index (χ1v) is 7.11. The number of ether oxygens (including phenoxy) is 1. The van der Waals surface area contributed by atoms with E-state index < -0.39 is 0 Å². The van der Waals surface area contributed by atoms with E-state index in [1.807, 2.05) is 6.92 Å². The number of hydrogen-bond acceptors (Lipinski definition) is 3. The summed E-state index contributed by atoms with van der Waals surface area (Å²) in [6.45, 7) is 11.9. The average Bonchev–Trinajstić information content (AvgIpc) is 2.32. The Hall–Kier alpha value is -1.06. The summed E-state index contributed by atoms with van der Waals surface area (Å²) < 4.78 is 5.55. The molecule has 0 unspecified atom stereocenters. The zero-order chi connectivity index (χ0) is 14.3. The molecule has 0 radical (unpaired) electrons. The summed E-state index contributed by atoms with van der Waals surface area (Å²) in [6, 6.07) is 6.37. The van der Waals surface area contributed by atoms with Crippen LogP contribution in [0, 0.1) is 12.3 Å². The Morgan fingerprint density at radius 1 is 1.32 bits per heavy atom. The highest BCUT2D eigenvalue weighted by atomic mass is 16.5. The van der Waals surface area contributed by atoms with Gasteiger partial charge in [-0.2, -0.15) is 0 Å². The zero-order valence-corrected chi connectivity index (χ0v) is 12.8. The van der Waals surface area contributed by atoms with E-state index in [0.29, 0.717) is 6.61 Å². The van der Waals surface area contributed by atoms with Crippen molar-refractivity contribution in [3.05, 3.63) is 29.3 Å². The highest BCUT2D eigenvalue weighted by molar-refractivity contribution is 5.36. The van der Waals surface area contributed by atoms with Crippen molar-refractivity contribution >= 4 is 0 Å². The maximum atomic E-state index is 5.62. The monoisotopic (exact) mass is 264 g/mol. The smallest absolute Gasteiger partial charge is 0.122 e. The van der Waals surface area contributed by atoms with Crippen LogP contribution in [0.15, 0.2) is 18.2 Å². The molecule has 1 aromatic rings. The maximum Gasteiger partial charge on any atom is 0.122 e. The fourth-order valence-electron chi connectivity index (χ4n) is 2.16. The van der Waals surface area contributed by atoms with Gasteiger partial charge >= 0.3 is 0 Å². The molecule has 0 bridgehead atoms. The fourth-order valence-corrected chi connectivity index (χ4v) is 2.16. The van der Waals surface area contributed by atoms with Gasteiger partial charge < -0.3 is 15.8 Å². The van der Waals surface area contributed by atoms with Gasteiger partial charge in [-0.3, -0.25) is 0 Å². The predicted molar refractivity (Wildman–Crippen MR) is 81.5 cm³/mol. The molecule has 0 aromatic heterocycles. The van der Waals surface area contributed by atoms with Gasteiger partial charge in [0.25, 0.3) is 0 Å². The van der Waals surface area contributed by atoms with Crippen molar-refractivity contribution in [2.45, 2.75) is 40.7 Å². The number of hydrogen-bond donors (Lipinski definition) is 2. The largest absolute Gasteiger partial charge is 0.494 e. The molecule has 1 aromatic carbocycles. The lowest BCUT2D eigenvalue weighted by Crippen LogP contribution is -2.31. The van der Waals surface area contributed by atoms with Crippen LogP contribution in [0.2, 0.25) is 0 Å². The van der Waals surface area contributed by atoms with Crippen LogP contribution in [0.3, 0.4) is 0 Å². The molecule has 3 nitrogen and oxygen atoms in total. The molecular formula is C16H28N2O. The molecular weight excluding hydrogens is 236 g/mol. The summed E-state index contributed by atoms with van der Waals surface area (Å²) in [5.41, 5.74) is 8.37. The third-order valence-electron chi connectivity index (χ3n) is 3.29. The van der Waals surface area contributed by atoms with Gasteiger partial charge in [0.2, 0.25) is 0 Å². The van der Waals surface area contributed by atoms with Gasteiger partial charge in [0, 0.05) is 13.1 Å². The number of benzene rings is 1. The van der Waals surface area contributed by atoms with Crippen LogP contribution < -0.4 is 15.8 Å². The standard InChI is InChI=1S/C16H28N2O/c1-5-19-15-7-6-14(10-13(15)2)11-18-12-16(3,4)8-9-17/h6-7,10,18H,5,8-9,11-12,17H2,1-4H3. The maximum absolute atomic E-state index is 5.62. The van der Waals surface area contributed by atoms with Gasteiger partial charge in [-0.05, 0) is 49.4 Å². The van der Waals surface area contributed by atoms with Crippen molar-refractivity contribution in [2.24, 2.45) is 11.1 Å². The summed E-state index contributed by atoms with van der Waals surface area (Å²) in [5, 5.41) is 3.51. The Labute approximate surface area is 117 Å². The number of aryl methyl sites for hydroxylation is 1. The van der Waals surface area contributed by atoms with Crippen molar-refractivity contribution in [3.8, 4) is 5.75 Å². The van der Waals surface area contributed by atoms with Crippen LogP contribution in [-0.4, -0.2) is 19.7 Å². The minimum atomic E-state index is 0.259. The number of nitrogens with two attached hydrogens (primary N) is 1. The zero-order valence-electron chi connectivity index (χ0n) is 12.8. The summed E-state index contributed by atoms with van der Waals surface area (Å²) in [4.78, 5) is 0. The van der Waals surface area contributed by atoms with E-state index in [-0.39, 0.29) is 5.41 Å². The lowest BCUT2D eigenvalue weighted by Gasteiger charge is -2.24.